The summed E-state index contributed by atoms with van der Waals surface area (Å²) in [6.45, 7) is 0. The van der Waals surface area contributed by atoms with E-state index in [4.69, 9.17) is 0 Å². The van der Waals surface area contributed by atoms with E-state index in [1.54, 1.807) is 16.9 Å². The molecule has 0 amide bonds. The van der Waals surface area contributed by atoms with E-state index in [2.05, 4.69) is 31.0 Å². The van der Waals surface area contributed by atoms with Gasteiger partial charge in [-0.2, -0.15) is 0 Å². The van der Waals surface area contributed by atoms with E-state index in [1.807, 2.05) is 30.3 Å². The van der Waals surface area contributed by atoms with Crippen molar-refractivity contribution in [1.82, 2.24) is 19.6 Å². The van der Waals surface area contributed by atoms with Crippen molar-refractivity contribution in [1.29, 1.82) is 0 Å². The van der Waals surface area contributed by atoms with Crippen LogP contribution in [0.15, 0.2) is 47.3 Å². The predicted molar refractivity (Wildman–Crippen MR) is 63.9 cm³/mol. The Morgan fingerprint density at radius 2 is 2.06 bits per heavy atom. The lowest BCUT2D eigenvalue weighted by molar-refractivity contribution is 0.939. The van der Waals surface area contributed by atoms with Gasteiger partial charge in [0.1, 0.15) is 4.60 Å². The monoisotopic (exact) mass is 274 g/mol. The molecular weight excluding hydrogens is 268 g/mol. The van der Waals surface area contributed by atoms with Crippen LogP contribution in [0.3, 0.4) is 0 Å². The number of aromatic nitrogens is 4. The fraction of sp³-hybridized carbons (Fsp3) is 0. The molecule has 0 spiro atoms. The summed E-state index contributed by atoms with van der Waals surface area (Å²) in [6, 6.07) is 9.58. The Hall–Kier alpha value is -1.75. The van der Waals surface area contributed by atoms with Crippen molar-refractivity contribution in [2.24, 2.45) is 0 Å². The second-order valence-corrected chi connectivity index (χ2v) is 4.11. The Morgan fingerprint density at radius 3 is 2.81 bits per heavy atom. The highest BCUT2D eigenvalue weighted by Crippen LogP contribution is 2.17. The second kappa shape index (κ2) is 3.68. The molecule has 0 radical (unpaired) electrons. The molecule has 0 atom stereocenters. The molecule has 0 unspecified atom stereocenters. The van der Waals surface area contributed by atoms with Crippen LogP contribution in [0.4, 0.5) is 0 Å². The van der Waals surface area contributed by atoms with Gasteiger partial charge >= 0.3 is 0 Å². The van der Waals surface area contributed by atoms with E-state index < -0.39 is 0 Å². The Morgan fingerprint density at radius 1 is 1.12 bits per heavy atom. The summed E-state index contributed by atoms with van der Waals surface area (Å²) in [6.07, 6.45) is 3.48. The number of hydrogen-bond donors (Lipinski definition) is 0. The van der Waals surface area contributed by atoms with Crippen LogP contribution in [0.1, 0.15) is 0 Å². The van der Waals surface area contributed by atoms with E-state index in [1.165, 1.54) is 0 Å². The van der Waals surface area contributed by atoms with Crippen LogP contribution in [0, 0.1) is 0 Å². The molecule has 0 aliphatic rings. The number of hydrogen-bond acceptors (Lipinski definition) is 3. The van der Waals surface area contributed by atoms with Crippen LogP contribution < -0.4 is 0 Å². The summed E-state index contributed by atoms with van der Waals surface area (Å²) < 4.78 is 2.63. The minimum atomic E-state index is 0.681. The zero-order valence-corrected chi connectivity index (χ0v) is 9.79. The highest BCUT2D eigenvalue weighted by Gasteiger charge is 2.07. The lowest BCUT2D eigenvalue weighted by Gasteiger charge is -1.92. The van der Waals surface area contributed by atoms with E-state index in [0.717, 1.165) is 15.8 Å². The highest BCUT2D eigenvalue weighted by atomic mass is 79.9. The van der Waals surface area contributed by atoms with Crippen LogP contribution in [0.2, 0.25) is 0 Å². The molecule has 0 aliphatic carbocycles. The molecule has 3 aromatic heterocycles. The maximum absolute atomic E-state index is 4.43. The first kappa shape index (κ1) is 9.47. The van der Waals surface area contributed by atoms with Crippen molar-refractivity contribution in [3.05, 3.63) is 47.3 Å². The van der Waals surface area contributed by atoms with Gasteiger partial charge in [-0.3, -0.25) is 4.98 Å². The first-order chi connectivity index (χ1) is 7.84. The fourth-order valence-corrected chi connectivity index (χ4v) is 1.90. The molecule has 5 heteroatoms. The first-order valence-electron chi connectivity index (χ1n) is 4.76. The maximum Gasteiger partial charge on any atom is 0.183 e. The number of halogens is 1. The van der Waals surface area contributed by atoms with Crippen molar-refractivity contribution in [3.63, 3.8) is 0 Å². The zero-order valence-electron chi connectivity index (χ0n) is 8.21. The van der Waals surface area contributed by atoms with Crippen molar-refractivity contribution in [2.75, 3.05) is 0 Å². The molecule has 0 saturated heterocycles. The van der Waals surface area contributed by atoms with Crippen LogP contribution in [0.5, 0.6) is 0 Å². The SMILES string of the molecule is Brc1cccc2nc(-c3cccnc3)nn12. The lowest BCUT2D eigenvalue weighted by atomic mass is 10.3. The molecule has 0 fully saturated rings. The summed E-state index contributed by atoms with van der Waals surface area (Å²) in [7, 11) is 0. The third-order valence-corrected chi connectivity index (χ3v) is 2.83. The van der Waals surface area contributed by atoms with E-state index in [9.17, 15) is 0 Å². The van der Waals surface area contributed by atoms with Crippen molar-refractivity contribution >= 4 is 21.6 Å². The molecular formula is C11H7BrN4. The van der Waals surface area contributed by atoms with E-state index >= 15 is 0 Å². The van der Waals surface area contributed by atoms with Gasteiger partial charge in [-0.1, -0.05) is 6.07 Å². The smallest absolute Gasteiger partial charge is 0.183 e. The average molecular weight is 275 g/mol. The maximum atomic E-state index is 4.43. The molecule has 3 heterocycles. The topological polar surface area (TPSA) is 43.1 Å². The minimum absolute atomic E-state index is 0.681. The van der Waals surface area contributed by atoms with Gasteiger partial charge in [-0.25, -0.2) is 9.50 Å². The normalized spacial score (nSPS) is 10.8. The van der Waals surface area contributed by atoms with Gasteiger partial charge in [0.25, 0.3) is 0 Å². The standard InChI is InChI=1S/C11H7BrN4/c12-9-4-1-5-10-14-11(15-16(9)10)8-3-2-6-13-7-8/h1-7H. The Balaban J connectivity index is 2.23. The number of fused-ring (bicyclic) bond motifs is 1. The van der Waals surface area contributed by atoms with Crippen LogP contribution in [-0.2, 0) is 0 Å². The van der Waals surface area contributed by atoms with Crippen molar-refractivity contribution in [2.45, 2.75) is 0 Å². The summed E-state index contributed by atoms with van der Waals surface area (Å²) >= 11 is 3.43. The number of nitrogens with zero attached hydrogens (tertiary/aromatic N) is 4. The van der Waals surface area contributed by atoms with Gasteiger partial charge in [-0.05, 0) is 40.2 Å². The highest BCUT2D eigenvalue weighted by molar-refractivity contribution is 9.10. The van der Waals surface area contributed by atoms with Crippen molar-refractivity contribution < 1.29 is 0 Å². The molecule has 0 aliphatic heterocycles. The van der Waals surface area contributed by atoms with Gasteiger partial charge < -0.3 is 0 Å². The molecule has 0 N–H and O–H groups in total. The summed E-state index contributed by atoms with van der Waals surface area (Å²) in [5.74, 6) is 0.681. The van der Waals surface area contributed by atoms with E-state index in [-0.39, 0.29) is 0 Å². The Bertz CT molecular complexity index is 633. The first-order valence-corrected chi connectivity index (χ1v) is 5.55. The molecule has 4 nitrogen and oxygen atoms in total. The molecule has 0 aromatic carbocycles. The summed E-state index contributed by atoms with van der Waals surface area (Å²) in [4.78, 5) is 8.48. The molecule has 0 bridgehead atoms. The van der Waals surface area contributed by atoms with Gasteiger partial charge in [0.05, 0.1) is 0 Å². The van der Waals surface area contributed by atoms with Crippen LogP contribution in [-0.4, -0.2) is 19.6 Å². The van der Waals surface area contributed by atoms with E-state index in [0.29, 0.717) is 5.82 Å². The van der Waals surface area contributed by atoms with Gasteiger partial charge in [0, 0.05) is 18.0 Å². The lowest BCUT2D eigenvalue weighted by Crippen LogP contribution is -1.88. The predicted octanol–water partition coefficient (Wildman–Crippen LogP) is 2.55. The van der Waals surface area contributed by atoms with Crippen LogP contribution >= 0.6 is 15.9 Å². The molecule has 0 saturated carbocycles. The van der Waals surface area contributed by atoms with Crippen LogP contribution in [0.25, 0.3) is 17.0 Å². The quantitative estimate of drug-likeness (QED) is 0.641. The Labute approximate surface area is 100 Å². The van der Waals surface area contributed by atoms with Gasteiger partial charge in [0.2, 0.25) is 0 Å². The number of pyridine rings is 2. The third kappa shape index (κ3) is 1.49. The zero-order chi connectivity index (χ0) is 11.0. The minimum Gasteiger partial charge on any atom is -0.264 e. The van der Waals surface area contributed by atoms with Gasteiger partial charge in [-0.15, -0.1) is 5.10 Å². The number of rotatable bonds is 1. The van der Waals surface area contributed by atoms with Crippen molar-refractivity contribution in [3.8, 4) is 11.4 Å². The largest absolute Gasteiger partial charge is 0.264 e. The molecule has 78 valence electrons. The second-order valence-electron chi connectivity index (χ2n) is 3.30. The molecule has 3 rings (SSSR count). The third-order valence-electron chi connectivity index (χ3n) is 2.23. The Kier molecular flexibility index (Phi) is 2.18. The summed E-state index contributed by atoms with van der Waals surface area (Å²) in [5.41, 5.74) is 1.73. The average Bonchev–Trinajstić information content (AvgIpc) is 2.76. The summed E-state index contributed by atoms with van der Waals surface area (Å²) in [5, 5.41) is 4.40. The van der Waals surface area contributed by atoms with Gasteiger partial charge in [0.15, 0.2) is 11.5 Å². The molecule has 3 aromatic rings. The fourth-order valence-electron chi connectivity index (χ4n) is 1.49. The molecule has 16 heavy (non-hydrogen) atoms.